The first-order chi connectivity index (χ1) is 8.06. The number of halogens is 2. The Balaban J connectivity index is 2.36. The molecule has 1 nitrogen and oxygen atoms in total. The zero-order valence-corrected chi connectivity index (χ0v) is 10.1. The molecule has 0 bridgehead atoms. The van der Waals surface area contributed by atoms with Crippen LogP contribution in [0.4, 0.5) is 4.39 Å². The number of hydrogen-bond acceptors (Lipinski definition) is 1. The second kappa shape index (κ2) is 4.86. The average molecular weight is 251 g/mol. The Hall–Kier alpha value is -1.38. The third-order valence-corrected chi connectivity index (χ3v) is 2.78. The van der Waals surface area contributed by atoms with Crippen molar-refractivity contribution in [2.75, 3.05) is 0 Å². The van der Waals surface area contributed by atoms with E-state index in [0.29, 0.717) is 16.1 Å². The molecule has 0 saturated carbocycles. The lowest BCUT2D eigenvalue weighted by Crippen LogP contribution is -2.00. The number of benzene rings is 2. The minimum atomic E-state index is -0.784. The Bertz CT molecular complexity index is 502. The Labute approximate surface area is 104 Å². The van der Waals surface area contributed by atoms with E-state index in [2.05, 4.69) is 0 Å². The summed E-state index contributed by atoms with van der Waals surface area (Å²) >= 11 is 5.94. The highest BCUT2D eigenvalue weighted by atomic mass is 35.5. The summed E-state index contributed by atoms with van der Waals surface area (Å²) in [7, 11) is 0. The maximum absolute atomic E-state index is 12.8. The third-order valence-electron chi connectivity index (χ3n) is 2.57. The van der Waals surface area contributed by atoms with Crippen LogP contribution in [-0.2, 0) is 0 Å². The summed E-state index contributed by atoms with van der Waals surface area (Å²) in [5, 5.41) is 10.7. The summed E-state index contributed by atoms with van der Waals surface area (Å²) in [6.07, 6.45) is -0.784. The normalized spacial score (nSPS) is 12.5. The van der Waals surface area contributed by atoms with Gasteiger partial charge in [-0.3, -0.25) is 0 Å². The molecule has 0 aromatic heterocycles. The zero-order valence-electron chi connectivity index (χ0n) is 9.32. The van der Waals surface area contributed by atoms with Crippen molar-refractivity contribution in [2.24, 2.45) is 0 Å². The molecule has 0 heterocycles. The fourth-order valence-corrected chi connectivity index (χ4v) is 2.06. The molecule has 2 aromatic carbocycles. The first kappa shape index (κ1) is 12.1. The van der Waals surface area contributed by atoms with Gasteiger partial charge in [0.2, 0.25) is 0 Å². The molecule has 0 saturated heterocycles. The fourth-order valence-electron chi connectivity index (χ4n) is 1.76. The molecule has 0 aliphatic carbocycles. The van der Waals surface area contributed by atoms with Crippen molar-refractivity contribution in [1.82, 2.24) is 0 Å². The standard InChI is InChI=1S/C14H12ClFO/c1-9-6-11(8-12(15)7-9)14(17)10-2-4-13(16)5-3-10/h2-8,14,17H,1H3. The van der Waals surface area contributed by atoms with Gasteiger partial charge in [0.25, 0.3) is 0 Å². The number of rotatable bonds is 2. The van der Waals surface area contributed by atoms with Gasteiger partial charge in [-0.2, -0.15) is 0 Å². The molecular formula is C14H12ClFO. The quantitative estimate of drug-likeness (QED) is 0.858. The van der Waals surface area contributed by atoms with Crippen LogP contribution in [0.1, 0.15) is 22.8 Å². The zero-order chi connectivity index (χ0) is 12.4. The van der Waals surface area contributed by atoms with Crippen molar-refractivity contribution in [1.29, 1.82) is 0 Å². The predicted octanol–water partition coefficient (Wildman–Crippen LogP) is 3.87. The Morgan fingerprint density at radius 1 is 1.06 bits per heavy atom. The smallest absolute Gasteiger partial charge is 0.123 e. The van der Waals surface area contributed by atoms with Crippen LogP contribution in [0.25, 0.3) is 0 Å². The molecule has 2 rings (SSSR count). The molecule has 1 unspecified atom stereocenters. The summed E-state index contributed by atoms with van der Waals surface area (Å²) in [4.78, 5) is 0. The molecule has 3 heteroatoms. The van der Waals surface area contributed by atoms with E-state index in [-0.39, 0.29) is 5.82 Å². The molecule has 0 aliphatic rings. The van der Waals surface area contributed by atoms with E-state index < -0.39 is 6.10 Å². The molecule has 1 N–H and O–H groups in total. The van der Waals surface area contributed by atoms with Gasteiger partial charge in [-0.25, -0.2) is 4.39 Å². The molecule has 2 aromatic rings. The molecule has 0 fully saturated rings. The first-order valence-corrected chi connectivity index (χ1v) is 5.64. The minimum Gasteiger partial charge on any atom is -0.384 e. The summed E-state index contributed by atoms with van der Waals surface area (Å²) in [6, 6.07) is 11.2. The van der Waals surface area contributed by atoms with Crippen LogP contribution in [0.3, 0.4) is 0 Å². The van der Waals surface area contributed by atoms with Crippen molar-refractivity contribution in [3.05, 3.63) is 70.0 Å². The summed E-state index contributed by atoms with van der Waals surface area (Å²) in [5.41, 5.74) is 2.34. The van der Waals surface area contributed by atoms with E-state index in [0.717, 1.165) is 5.56 Å². The van der Waals surface area contributed by atoms with Crippen molar-refractivity contribution in [2.45, 2.75) is 13.0 Å². The van der Waals surface area contributed by atoms with Crippen molar-refractivity contribution in [3.63, 3.8) is 0 Å². The lowest BCUT2D eigenvalue weighted by atomic mass is 10.00. The Morgan fingerprint density at radius 2 is 1.71 bits per heavy atom. The van der Waals surface area contributed by atoms with E-state index in [9.17, 15) is 9.50 Å². The predicted molar refractivity (Wildman–Crippen MR) is 66.7 cm³/mol. The van der Waals surface area contributed by atoms with Gasteiger partial charge in [0.05, 0.1) is 0 Å². The molecule has 88 valence electrons. The van der Waals surface area contributed by atoms with E-state index >= 15 is 0 Å². The lowest BCUT2D eigenvalue weighted by molar-refractivity contribution is 0.220. The number of hydrogen-bond donors (Lipinski definition) is 1. The van der Waals surface area contributed by atoms with E-state index in [1.54, 1.807) is 18.2 Å². The van der Waals surface area contributed by atoms with Gasteiger partial charge in [-0.15, -0.1) is 0 Å². The van der Waals surface area contributed by atoms with Crippen LogP contribution >= 0.6 is 11.6 Å². The molecule has 0 spiro atoms. The highest BCUT2D eigenvalue weighted by Crippen LogP contribution is 2.25. The molecule has 0 radical (unpaired) electrons. The van der Waals surface area contributed by atoms with E-state index in [4.69, 9.17) is 11.6 Å². The number of aryl methyl sites for hydroxylation is 1. The lowest BCUT2D eigenvalue weighted by Gasteiger charge is -2.12. The summed E-state index contributed by atoms with van der Waals surface area (Å²) in [6.45, 7) is 1.91. The van der Waals surface area contributed by atoms with Gasteiger partial charge in [0.15, 0.2) is 0 Å². The largest absolute Gasteiger partial charge is 0.384 e. The van der Waals surface area contributed by atoms with Gasteiger partial charge >= 0.3 is 0 Å². The maximum Gasteiger partial charge on any atom is 0.123 e. The molecule has 17 heavy (non-hydrogen) atoms. The Kier molecular flexibility index (Phi) is 3.46. The molecule has 1 atom stereocenters. The van der Waals surface area contributed by atoms with Crippen LogP contribution < -0.4 is 0 Å². The summed E-state index contributed by atoms with van der Waals surface area (Å²) in [5.74, 6) is -0.316. The van der Waals surface area contributed by atoms with E-state index in [1.165, 1.54) is 12.1 Å². The molecule has 0 aliphatic heterocycles. The Morgan fingerprint density at radius 3 is 2.29 bits per heavy atom. The SMILES string of the molecule is Cc1cc(Cl)cc(C(O)c2ccc(F)cc2)c1. The van der Waals surface area contributed by atoms with Crippen molar-refractivity contribution >= 4 is 11.6 Å². The van der Waals surface area contributed by atoms with Crippen LogP contribution in [0, 0.1) is 12.7 Å². The van der Waals surface area contributed by atoms with Crippen LogP contribution in [-0.4, -0.2) is 5.11 Å². The highest BCUT2D eigenvalue weighted by Gasteiger charge is 2.11. The van der Waals surface area contributed by atoms with Crippen molar-refractivity contribution in [3.8, 4) is 0 Å². The van der Waals surface area contributed by atoms with Gasteiger partial charge in [0.1, 0.15) is 11.9 Å². The van der Waals surface area contributed by atoms with Gasteiger partial charge in [-0.1, -0.05) is 29.8 Å². The van der Waals surface area contributed by atoms with Crippen LogP contribution in [0.2, 0.25) is 5.02 Å². The molecule has 0 amide bonds. The number of aliphatic hydroxyl groups excluding tert-OH is 1. The second-order valence-electron chi connectivity index (χ2n) is 4.02. The minimum absolute atomic E-state index is 0.316. The average Bonchev–Trinajstić information content (AvgIpc) is 2.28. The molecular weight excluding hydrogens is 239 g/mol. The second-order valence-corrected chi connectivity index (χ2v) is 4.45. The summed E-state index contributed by atoms with van der Waals surface area (Å²) < 4.78 is 12.8. The van der Waals surface area contributed by atoms with Gasteiger partial charge in [0, 0.05) is 5.02 Å². The highest BCUT2D eigenvalue weighted by molar-refractivity contribution is 6.30. The fraction of sp³-hybridized carbons (Fsp3) is 0.143. The van der Waals surface area contributed by atoms with Gasteiger partial charge in [-0.05, 0) is 47.9 Å². The topological polar surface area (TPSA) is 20.2 Å². The van der Waals surface area contributed by atoms with Crippen LogP contribution in [0.5, 0.6) is 0 Å². The monoisotopic (exact) mass is 250 g/mol. The third kappa shape index (κ3) is 2.84. The first-order valence-electron chi connectivity index (χ1n) is 5.27. The number of aliphatic hydroxyl groups is 1. The van der Waals surface area contributed by atoms with Crippen molar-refractivity contribution < 1.29 is 9.50 Å². The van der Waals surface area contributed by atoms with Crippen LogP contribution in [0.15, 0.2) is 42.5 Å². The van der Waals surface area contributed by atoms with Gasteiger partial charge < -0.3 is 5.11 Å². The maximum atomic E-state index is 12.8. The van der Waals surface area contributed by atoms with E-state index in [1.807, 2.05) is 19.1 Å².